The molecule has 1 aromatic carbocycles. The first kappa shape index (κ1) is 18.6. The molecule has 7 nitrogen and oxygen atoms in total. The zero-order valence-corrected chi connectivity index (χ0v) is 14.7. The van der Waals surface area contributed by atoms with Crippen molar-refractivity contribution in [3.63, 3.8) is 0 Å². The molecule has 1 heterocycles. The molecule has 1 amide bonds. The van der Waals surface area contributed by atoms with E-state index in [1.165, 1.54) is 0 Å². The number of aryl methyl sites for hydroxylation is 1. The summed E-state index contributed by atoms with van der Waals surface area (Å²) in [6.07, 6.45) is 0.0257. The van der Waals surface area contributed by atoms with E-state index in [-0.39, 0.29) is 17.8 Å². The van der Waals surface area contributed by atoms with Crippen LogP contribution in [-0.4, -0.2) is 20.6 Å². The van der Waals surface area contributed by atoms with Crippen molar-refractivity contribution >= 4 is 17.3 Å². The maximum atomic E-state index is 13.8. The summed E-state index contributed by atoms with van der Waals surface area (Å²) in [7, 11) is 0. The first-order valence-corrected chi connectivity index (χ1v) is 7.95. The third-order valence-electron chi connectivity index (χ3n) is 3.84. The molecule has 0 saturated heterocycles. The fraction of sp³-hybridized carbons (Fsp3) is 0.412. The standard InChI is InChI=1S/C17H21FN4O3/c1-10(2)9-21-12(4)14(11(3)20-21)8-17(23)19-16-7-13(22(24)25)5-6-15(16)18/h5-7,10H,8-9H2,1-4H3,(H,19,23). The van der Waals surface area contributed by atoms with E-state index in [1.54, 1.807) is 0 Å². The van der Waals surface area contributed by atoms with Gasteiger partial charge in [-0.25, -0.2) is 4.39 Å². The van der Waals surface area contributed by atoms with Crippen LogP contribution >= 0.6 is 0 Å². The normalized spacial score (nSPS) is 11.0. The summed E-state index contributed by atoms with van der Waals surface area (Å²) in [5, 5.41) is 17.6. The Morgan fingerprint density at radius 1 is 1.40 bits per heavy atom. The average Bonchev–Trinajstić information content (AvgIpc) is 2.76. The van der Waals surface area contributed by atoms with E-state index >= 15 is 0 Å². The number of benzene rings is 1. The van der Waals surface area contributed by atoms with Gasteiger partial charge in [0, 0.05) is 29.9 Å². The van der Waals surface area contributed by atoms with E-state index < -0.39 is 16.6 Å². The number of aromatic nitrogens is 2. The summed E-state index contributed by atoms with van der Waals surface area (Å²) in [5.74, 6) is -0.753. The van der Waals surface area contributed by atoms with Gasteiger partial charge in [0.25, 0.3) is 5.69 Å². The molecule has 0 atom stereocenters. The number of nitro groups is 1. The van der Waals surface area contributed by atoms with Crippen molar-refractivity contribution in [2.24, 2.45) is 5.92 Å². The number of halogens is 1. The van der Waals surface area contributed by atoms with Gasteiger partial charge in [0.05, 0.1) is 22.7 Å². The fourth-order valence-corrected chi connectivity index (χ4v) is 2.59. The number of carbonyl (C=O) groups excluding carboxylic acids is 1. The predicted molar refractivity (Wildman–Crippen MR) is 91.9 cm³/mol. The lowest BCUT2D eigenvalue weighted by Crippen LogP contribution is -2.16. The Morgan fingerprint density at radius 3 is 2.68 bits per heavy atom. The molecule has 0 aliphatic carbocycles. The van der Waals surface area contributed by atoms with Crippen LogP contribution in [0.3, 0.4) is 0 Å². The molecule has 0 radical (unpaired) electrons. The fourth-order valence-electron chi connectivity index (χ4n) is 2.59. The maximum Gasteiger partial charge on any atom is 0.271 e. The summed E-state index contributed by atoms with van der Waals surface area (Å²) in [5.41, 5.74) is 1.93. The molecule has 0 saturated carbocycles. The molecule has 134 valence electrons. The lowest BCUT2D eigenvalue weighted by molar-refractivity contribution is -0.384. The highest BCUT2D eigenvalue weighted by Crippen LogP contribution is 2.22. The number of non-ortho nitro benzene ring substituents is 1. The number of nitrogens with zero attached hydrogens (tertiary/aromatic N) is 3. The summed E-state index contributed by atoms with van der Waals surface area (Å²) >= 11 is 0. The maximum absolute atomic E-state index is 13.8. The van der Waals surface area contributed by atoms with E-state index in [1.807, 2.05) is 18.5 Å². The third-order valence-corrected chi connectivity index (χ3v) is 3.84. The monoisotopic (exact) mass is 348 g/mol. The smallest absolute Gasteiger partial charge is 0.271 e. The average molecular weight is 348 g/mol. The highest BCUT2D eigenvalue weighted by molar-refractivity contribution is 5.93. The molecule has 0 spiro atoms. The van der Waals surface area contributed by atoms with Crippen LogP contribution in [0.15, 0.2) is 18.2 Å². The molecule has 1 N–H and O–H groups in total. The minimum atomic E-state index is -0.720. The molecule has 1 aromatic heterocycles. The molecule has 0 aliphatic heterocycles. The molecule has 0 bridgehead atoms. The number of nitro benzene ring substituents is 1. The lowest BCUT2D eigenvalue weighted by atomic mass is 10.1. The number of amides is 1. The van der Waals surface area contributed by atoms with Crippen LogP contribution in [0.1, 0.15) is 30.8 Å². The Labute approximate surface area is 145 Å². The second kappa shape index (κ2) is 7.42. The lowest BCUT2D eigenvalue weighted by Gasteiger charge is -2.09. The van der Waals surface area contributed by atoms with Gasteiger partial charge >= 0.3 is 0 Å². The van der Waals surface area contributed by atoms with E-state index in [0.29, 0.717) is 5.92 Å². The van der Waals surface area contributed by atoms with Gasteiger partial charge < -0.3 is 5.32 Å². The van der Waals surface area contributed by atoms with Crippen LogP contribution in [0.4, 0.5) is 15.8 Å². The van der Waals surface area contributed by atoms with Crippen molar-refractivity contribution in [2.45, 2.75) is 40.7 Å². The summed E-state index contributed by atoms with van der Waals surface area (Å²) in [6.45, 7) is 8.61. The van der Waals surface area contributed by atoms with Gasteiger partial charge in [-0.05, 0) is 25.8 Å². The van der Waals surface area contributed by atoms with Gasteiger partial charge in [0.1, 0.15) is 5.82 Å². The second-order valence-electron chi connectivity index (χ2n) is 6.37. The van der Waals surface area contributed by atoms with Gasteiger partial charge in [-0.3, -0.25) is 19.6 Å². The van der Waals surface area contributed by atoms with Crippen molar-refractivity contribution in [2.75, 3.05) is 5.32 Å². The van der Waals surface area contributed by atoms with Gasteiger partial charge in [-0.2, -0.15) is 5.10 Å². The van der Waals surface area contributed by atoms with Crippen LogP contribution in [0.5, 0.6) is 0 Å². The molecule has 25 heavy (non-hydrogen) atoms. The molecule has 0 unspecified atom stereocenters. The number of hydrogen-bond acceptors (Lipinski definition) is 4. The third kappa shape index (κ3) is 4.40. The van der Waals surface area contributed by atoms with Crippen LogP contribution in [0, 0.1) is 35.7 Å². The van der Waals surface area contributed by atoms with Crippen molar-refractivity contribution < 1.29 is 14.1 Å². The first-order valence-electron chi connectivity index (χ1n) is 7.95. The Bertz CT molecular complexity index is 814. The highest BCUT2D eigenvalue weighted by Gasteiger charge is 2.18. The minimum Gasteiger partial charge on any atom is -0.323 e. The van der Waals surface area contributed by atoms with Crippen LogP contribution in [-0.2, 0) is 17.8 Å². The summed E-state index contributed by atoms with van der Waals surface area (Å²) in [6, 6.07) is 3.02. The summed E-state index contributed by atoms with van der Waals surface area (Å²) < 4.78 is 15.6. The molecule has 2 aromatic rings. The van der Waals surface area contributed by atoms with Gasteiger partial charge in [0.2, 0.25) is 5.91 Å². The SMILES string of the molecule is Cc1nn(CC(C)C)c(C)c1CC(=O)Nc1cc([N+](=O)[O-])ccc1F. The zero-order valence-electron chi connectivity index (χ0n) is 14.7. The van der Waals surface area contributed by atoms with E-state index in [9.17, 15) is 19.3 Å². The Morgan fingerprint density at radius 2 is 2.08 bits per heavy atom. The van der Waals surface area contributed by atoms with Crippen LogP contribution in [0.2, 0.25) is 0 Å². The molecular formula is C17H21FN4O3. The predicted octanol–water partition coefficient (Wildman–Crippen LogP) is 3.38. The van der Waals surface area contributed by atoms with Gasteiger partial charge in [-0.15, -0.1) is 0 Å². The van der Waals surface area contributed by atoms with E-state index in [4.69, 9.17) is 0 Å². The highest BCUT2D eigenvalue weighted by atomic mass is 19.1. The largest absolute Gasteiger partial charge is 0.323 e. The number of anilines is 1. The van der Waals surface area contributed by atoms with Crippen molar-refractivity contribution in [3.8, 4) is 0 Å². The number of carbonyl (C=O) groups is 1. The minimum absolute atomic E-state index is 0.0257. The molecular weight excluding hydrogens is 327 g/mol. The van der Waals surface area contributed by atoms with E-state index in [0.717, 1.165) is 41.7 Å². The summed E-state index contributed by atoms with van der Waals surface area (Å²) in [4.78, 5) is 22.4. The van der Waals surface area contributed by atoms with Crippen molar-refractivity contribution in [1.82, 2.24) is 9.78 Å². The number of hydrogen-bond donors (Lipinski definition) is 1. The van der Waals surface area contributed by atoms with Gasteiger partial charge in [-0.1, -0.05) is 13.8 Å². The Balaban J connectivity index is 2.17. The second-order valence-corrected chi connectivity index (χ2v) is 6.37. The quantitative estimate of drug-likeness (QED) is 0.640. The topological polar surface area (TPSA) is 90.1 Å². The first-order chi connectivity index (χ1) is 11.7. The molecule has 8 heteroatoms. The molecule has 0 fully saturated rings. The number of nitrogens with one attached hydrogen (secondary N) is 1. The van der Waals surface area contributed by atoms with Crippen molar-refractivity contribution in [3.05, 3.63) is 51.1 Å². The van der Waals surface area contributed by atoms with Crippen molar-refractivity contribution in [1.29, 1.82) is 0 Å². The zero-order chi connectivity index (χ0) is 18.7. The van der Waals surface area contributed by atoms with E-state index in [2.05, 4.69) is 24.3 Å². The molecule has 0 aliphatic rings. The molecule has 2 rings (SSSR count). The van der Waals surface area contributed by atoms with Crippen LogP contribution < -0.4 is 5.32 Å². The van der Waals surface area contributed by atoms with Crippen LogP contribution in [0.25, 0.3) is 0 Å². The number of rotatable bonds is 6. The Hall–Kier alpha value is -2.77. The Kier molecular flexibility index (Phi) is 5.51. The van der Waals surface area contributed by atoms with Gasteiger partial charge in [0.15, 0.2) is 0 Å².